The number of benzene rings is 1. The van der Waals surface area contributed by atoms with E-state index in [1.807, 2.05) is 13.0 Å². The molecule has 0 saturated heterocycles. The van der Waals surface area contributed by atoms with Crippen LogP contribution in [0.25, 0.3) is 11.5 Å². The molecule has 0 bridgehead atoms. The first-order valence-electron chi connectivity index (χ1n) is 3.97. The van der Waals surface area contributed by atoms with Gasteiger partial charge in [-0.25, -0.2) is 4.98 Å². The third-order valence-corrected chi connectivity index (χ3v) is 1.88. The van der Waals surface area contributed by atoms with E-state index in [1.54, 1.807) is 18.3 Å². The first-order valence-corrected chi connectivity index (χ1v) is 3.97. The number of rotatable bonds is 1. The molecule has 0 radical (unpaired) electrons. The Hall–Kier alpha value is -1.77. The molecule has 0 aliphatic rings. The molecule has 66 valence electrons. The van der Waals surface area contributed by atoms with Gasteiger partial charge in [0.15, 0.2) is 0 Å². The van der Waals surface area contributed by atoms with Gasteiger partial charge in [0, 0.05) is 5.56 Å². The van der Waals surface area contributed by atoms with Crippen molar-refractivity contribution in [3.8, 4) is 17.2 Å². The average Bonchev–Trinajstić information content (AvgIpc) is 2.61. The standard InChI is InChI=1S/C10H9NO2/c1-7-2-3-8(12)6-9(7)10-11-4-5-13-10/h2-6,12H,1H3. The smallest absolute Gasteiger partial charge is 0.226 e. The first-order chi connectivity index (χ1) is 6.27. The molecule has 1 aromatic carbocycles. The maximum atomic E-state index is 9.27. The summed E-state index contributed by atoms with van der Waals surface area (Å²) in [6.07, 6.45) is 3.09. The third-order valence-electron chi connectivity index (χ3n) is 1.88. The van der Waals surface area contributed by atoms with Crippen molar-refractivity contribution in [3.63, 3.8) is 0 Å². The lowest BCUT2D eigenvalue weighted by Crippen LogP contribution is -1.82. The lowest BCUT2D eigenvalue weighted by molar-refractivity contribution is 0.475. The van der Waals surface area contributed by atoms with Crippen LogP contribution in [-0.2, 0) is 0 Å². The van der Waals surface area contributed by atoms with E-state index in [4.69, 9.17) is 4.42 Å². The van der Waals surface area contributed by atoms with Crippen LogP contribution < -0.4 is 0 Å². The number of oxazole rings is 1. The average molecular weight is 175 g/mol. The number of nitrogens with zero attached hydrogens (tertiary/aromatic N) is 1. The topological polar surface area (TPSA) is 46.3 Å². The Morgan fingerprint density at radius 1 is 1.38 bits per heavy atom. The van der Waals surface area contributed by atoms with Gasteiger partial charge in [0.2, 0.25) is 5.89 Å². The zero-order valence-corrected chi connectivity index (χ0v) is 7.19. The van der Waals surface area contributed by atoms with Crippen molar-refractivity contribution >= 4 is 0 Å². The highest BCUT2D eigenvalue weighted by atomic mass is 16.3. The Balaban J connectivity index is 2.57. The molecule has 3 heteroatoms. The van der Waals surface area contributed by atoms with Crippen LogP contribution >= 0.6 is 0 Å². The minimum absolute atomic E-state index is 0.221. The Bertz CT molecular complexity index is 407. The van der Waals surface area contributed by atoms with E-state index in [0.29, 0.717) is 5.89 Å². The molecule has 0 saturated carbocycles. The van der Waals surface area contributed by atoms with Gasteiger partial charge in [-0.05, 0) is 24.6 Å². The predicted octanol–water partition coefficient (Wildman–Crippen LogP) is 2.36. The molecule has 1 heterocycles. The molecule has 1 aromatic heterocycles. The van der Waals surface area contributed by atoms with E-state index in [9.17, 15) is 5.11 Å². The first kappa shape index (κ1) is 7.86. The van der Waals surface area contributed by atoms with Crippen LogP contribution in [-0.4, -0.2) is 10.1 Å². The summed E-state index contributed by atoms with van der Waals surface area (Å²) in [5.41, 5.74) is 1.85. The second kappa shape index (κ2) is 2.94. The maximum Gasteiger partial charge on any atom is 0.226 e. The molecule has 0 unspecified atom stereocenters. The quantitative estimate of drug-likeness (QED) is 0.723. The number of aryl methyl sites for hydroxylation is 1. The van der Waals surface area contributed by atoms with Crippen molar-refractivity contribution < 1.29 is 9.52 Å². The van der Waals surface area contributed by atoms with Gasteiger partial charge in [0.05, 0.1) is 6.20 Å². The van der Waals surface area contributed by atoms with E-state index in [2.05, 4.69) is 4.98 Å². The van der Waals surface area contributed by atoms with Crippen molar-refractivity contribution in [1.29, 1.82) is 0 Å². The summed E-state index contributed by atoms with van der Waals surface area (Å²) < 4.78 is 5.13. The summed E-state index contributed by atoms with van der Waals surface area (Å²) in [7, 11) is 0. The minimum Gasteiger partial charge on any atom is -0.508 e. The van der Waals surface area contributed by atoms with Crippen LogP contribution in [0.4, 0.5) is 0 Å². The van der Waals surface area contributed by atoms with Crippen LogP contribution in [0.3, 0.4) is 0 Å². The molecule has 1 N–H and O–H groups in total. The van der Waals surface area contributed by atoms with E-state index < -0.39 is 0 Å². The maximum absolute atomic E-state index is 9.27. The molecule has 0 spiro atoms. The molecule has 0 atom stereocenters. The van der Waals surface area contributed by atoms with Gasteiger partial charge in [-0.3, -0.25) is 0 Å². The van der Waals surface area contributed by atoms with Crippen molar-refractivity contribution in [2.75, 3.05) is 0 Å². The second-order valence-electron chi connectivity index (χ2n) is 2.84. The lowest BCUT2D eigenvalue weighted by Gasteiger charge is -2.01. The van der Waals surface area contributed by atoms with Gasteiger partial charge in [-0.2, -0.15) is 0 Å². The van der Waals surface area contributed by atoms with Crippen LogP contribution in [0.2, 0.25) is 0 Å². The third kappa shape index (κ3) is 1.40. The highest BCUT2D eigenvalue weighted by Gasteiger charge is 2.06. The molecular weight excluding hydrogens is 166 g/mol. The number of phenolic OH excluding ortho intramolecular Hbond substituents is 1. The van der Waals surface area contributed by atoms with Crippen LogP contribution in [0.15, 0.2) is 35.1 Å². The summed E-state index contributed by atoms with van der Waals surface area (Å²) in [4.78, 5) is 4.01. The van der Waals surface area contributed by atoms with E-state index in [-0.39, 0.29) is 5.75 Å². The number of aromatic nitrogens is 1. The van der Waals surface area contributed by atoms with Crippen molar-refractivity contribution in [2.24, 2.45) is 0 Å². The Morgan fingerprint density at radius 2 is 2.23 bits per heavy atom. The van der Waals surface area contributed by atoms with Gasteiger partial charge in [-0.15, -0.1) is 0 Å². The van der Waals surface area contributed by atoms with Gasteiger partial charge < -0.3 is 9.52 Å². The number of aromatic hydroxyl groups is 1. The normalized spacial score (nSPS) is 10.2. The minimum atomic E-state index is 0.221. The molecule has 0 aliphatic heterocycles. The van der Waals surface area contributed by atoms with E-state index in [1.165, 1.54) is 6.26 Å². The van der Waals surface area contributed by atoms with Crippen molar-refractivity contribution in [2.45, 2.75) is 6.92 Å². The number of phenols is 1. The molecule has 13 heavy (non-hydrogen) atoms. The zero-order chi connectivity index (χ0) is 9.26. The molecule has 0 amide bonds. The van der Waals surface area contributed by atoms with E-state index in [0.717, 1.165) is 11.1 Å². The van der Waals surface area contributed by atoms with Gasteiger partial charge in [0.1, 0.15) is 12.0 Å². The van der Waals surface area contributed by atoms with E-state index >= 15 is 0 Å². The zero-order valence-electron chi connectivity index (χ0n) is 7.19. The molecular formula is C10H9NO2. The monoisotopic (exact) mass is 175 g/mol. The summed E-state index contributed by atoms with van der Waals surface area (Å²) >= 11 is 0. The van der Waals surface area contributed by atoms with Crippen LogP contribution in [0.5, 0.6) is 5.75 Å². The predicted molar refractivity (Wildman–Crippen MR) is 48.3 cm³/mol. The summed E-state index contributed by atoms with van der Waals surface area (Å²) in [5.74, 6) is 0.757. The Labute approximate surface area is 75.7 Å². The van der Waals surface area contributed by atoms with Gasteiger partial charge in [-0.1, -0.05) is 6.07 Å². The Morgan fingerprint density at radius 3 is 2.92 bits per heavy atom. The highest BCUT2D eigenvalue weighted by molar-refractivity contribution is 5.60. The van der Waals surface area contributed by atoms with Crippen molar-refractivity contribution in [1.82, 2.24) is 4.98 Å². The van der Waals surface area contributed by atoms with Crippen molar-refractivity contribution in [3.05, 3.63) is 36.2 Å². The molecule has 2 aromatic rings. The number of hydrogen-bond acceptors (Lipinski definition) is 3. The largest absolute Gasteiger partial charge is 0.508 e. The fraction of sp³-hybridized carbons (Fsp3) is 0.100. The number of hydrogen-bond donors (Lipinski definition) is 1. The fourth-order valence-corrected chi connectivity index (χ4v) is 1.20. The highest BCUT2D eigenvalue weighted by Crippen LogP contribution is 2.25. The SMILES string of the molecule is Cc1ccc(O)cc1-c1ncco1. The molecule has 0 aliphatic carbocycles. The molecule has 2 rings (SSSR count). The molecule has 3 nitrogen and oxygen atoms in total. The summed E-state index contributed by atoms with van der Waals surface area (Å²) in [5, 5.41) is 9.27. The second-order valence-corrected chi connectivity index (χ2v) is 2.84. The summed E-state index contributed by atoms with van der Waals surface area (Å²) in [6.45, 7) is 1.94. The van der Waals surface area contributed by atoms with Gasteiger partial charge in [0.25, 0.3) is 0 Å². The van der Waals surface area contributed by atoms with Gasteiger partial charge >= 0.3 is 0 Å². The summed E-state index contributed by atoms with van der Waals surface area (Å²) in [6, 6.07) is 5.11. The van der Waals surface area contributed by atoms with Crippen LogP contribution in [0.1, 0.15) is 5.56 Å². The fourth-order valence-electron chi connectivity index (χ4n) is 1.20. The Kier molecular flexibility index (Phi) is 1.77. The molecule has 0 fully saturated rings. The lowest BCUT2D eigenvalue weighted by atomic mass is 10.1. The van der Waals surface area contributed by atoms with Crippen LogP contribution in [0, 0.1) is 6.92 Å².